The molecular formula is C19H23N3O5S. The van der Waals surface area contributed by atoms with Crippen molar-refractivity contribution < 1.29 is 22.4 Å². The molecule has 2 N–H and O–H groups in total. The van der Waals surface area contributed by atoms with E-state index in [1.54, 1.807) is 12.1 Å². The molecule has 1 aromatic heterocycles. The maximum absolute atomic E-state index is 12.6. The van der Waals surface area contributed by atoms with Gasteiger partial charge >= 0.3 is 5.91 Å². The summed E-state index contributed by atoms with van der Waals surface area (Å²) in [6.07, 6.45) is 3.47. The molecule has 1 aliphatic heterocycles. The van der Waals surface area contributed by atoms with Crippen molar-refractivity contribution in [3.8, 4) is 0 Å². The minimum absolute atomic E-state index is 0.197. The summed E-state index contributed by atoms with van der Waals surface area (Å²) in [5.41, 5.74) is 6.01. The van der Waals surface area contributed by atoms with Crippen LogP contribution in [0.5, 0.6) is 0 Å². The molecule has 2 amide bonds. The Bertz CT molecular complexity index is 944. The number of hydrogen-bond donors (Lipinski definition) is 2. The fourth-order valence-corrected chi connectivity index (χ4v) is 4.38. The van der Waals surface area contributed by atoms with Crippen molar-refractivity contribution in [1.29, 1.82) is 0 Å². The van der Waals surface area contributed by atoms with Crippen LogP contribution >= 0.6 is 0 Å². The van der Waals surface area contributed by atoms with E-state index >= 15 is 0 Å². The molecule has 1 fully saturated rings. The first-order chi connectivity index (χ1) is 13.4. The highest BCUT2D eigenvalue weighted by molar-refractivity contribution is 7.89. The quantitative estimate of drug-likeness (QED) is 0.741. The highest BCUT2D eigenvalue weighted by Gasteiger charge is 2.29. The first-order valence-corrected chi connectivity index (χ1v) is 10.7. The van der Waals surface area contributed by atoms with Gasteiger partial charge in [0.05, 0.1) is 0 Å². The summed E-state index contributed by atoms with van der Waals surface area (Å²) >= 11 is 0. The molecule has 2 aromatic rings. The molecule has 0 saturated carbocycles. The number of carbonyl (C=O) groups is 2. The van der Waals surface area contributed by atoms with E-state index in [9.17, 15) is 18.0 Å². The third kappa shape index (κ3) is 4.42. The van der Waals surface area contributed by atoms with Crippen LogP contribution in [0.4, 0.5) is 0 Å². The highest BCUT2D eigenvalue weighted by atomic mass is 32.2. The second-order valence-corrected chi connectivity index (χ2v) is 8.41. The van der Waals surface area contributed by atoms with E-state index in [-0.39, 0.29) is 10.9 Å². The van der Waals surface area contributed by atoms with Gasteiger partial charge in [-0.1, -0.05) is 25.5 Å². The summed E-state index contributed by atoms with van der Waals surface area (Å²) in [7, 11) is -3.76. The van der Waals surface area contributed by atoms with Gasteiger partial charge in [0.25, 0.3) is 15.9 Å². The number of piperidine rings is 1. The predicted molar refractivity (Wildman–Crippen MR) is 102 cm³/mol. The number of rotatable bonds is 5. The molecule has 1 saturated heterocycles. The molecule has 8 nitrogen and oxygen atoms in total. The number of hydrogen-bond acceptors (Lipinski definition) is 5. The minimum atomic E-state index is -3.76. The summed E-state index contributed by atoms with van der Waals surface area (Å²) in [6, 6.07) is 9.52. The average molecular weight is 405 g/mol. The monoisotopic (exact) mass is 405 g/mol. The molecule has 1 aliphatic rings. The number of nitrogens with one attached hydrogen (secondary N) is 2. The van der Waals surface area contributed by atoms with Crippen molar-refractivity contribution in [1.82, 2.24) is 15.2 Å². The van der Waals surface area contributed by atoms with Crippen LogP contribution in [0.25, 0.3) is 0 Å². The molecule has 0 radical (unpaired) electrons. The van der Waals surface area contributed by atoms with Gasteiger partial charge in [-0.25, -0.2) is 8.42 Å². The number of aryl methyl sites for hydroxylation is 1. The summed E-state index contributed by atoms with van der Waals surface area (Å²) in [5.74, 6) is -1.42. The van der Waals surface area contributed by atoms with Crippen LogP contribution in [0.1, 0.15) is 52.7 Å². The molecule has 0 atom stereocenters. The Labute approximate surface area is 163 Å². The largest absolute Gasteiger partial charge is 0.438 e. The SMILES string of the molecule is CCc1ccc(C(=O)NNC(=O)c2ccc(S(=O)(=O)N3CCCCC3)o2)cc1. The first-order valence-electron chi connectivity index (χ1n) is 9.21. The summed E-state index contributed by atoms with van der Waals surface area (Å²) in [6.45, 7) is 2.90. The van der Waals surface area contributed by atoms with Crippen LogP contribution in [-0.2, 0) is 16.4 Å². The third-order valence-corrected chi connectivity index (χ3v) is 6.40. The predicted octanol–water partition coefficient (Wildman–Crippen LogP) is 2.09. The second kappa shape index (κ2) is 8.57. The smallest absolute Gasteiger partial charge is 0.305 e. The van der Waals surface area contributed by atoms with Crippen molar-refractivity contribution >= 4 is 21.8 Å². The van der Waals surface area contributed by atoms with Crippen LogP contribution in [0.15, 0.2) is 45.9 Å². The molecule has 9 heteroatoms. The Balaban J connectivity index is 1.61. The average Bonchev–Trinajstić information content (AvgIpc) is 3.24. The fourth-order valence-electron chi connectivity index (χ4n) is 2.95. The second-order valence-electron chi connectivity index (χ2n) is 6.54. The van der Waals surface area contributed by atoms with Crippen molar-refractivity contribution in [3.05, 3.63) is 53.3 Å². The van der Waals surface area contributed by atoms with E-state index in [1.807, 2.05) is 19.1 Å². The van der Waals surface area contributed by atoms with Gasteiger partial charge in [-0.2, -0.15) is 4.31 Å². The van der Waals surface area contributed by atoms with E-state index in [2.05, 4.69) is 10.9 Å². The van der Waals surface area contributed by atoms with Crippen LogP contribution in [-0.4, -0.2) is 37.6 Å². The van der Waals surface area contributed by atoms with E-state index in [0.717, 1.165) is 31.2 Å². The summed E-state index contributed by atoms with van der Waals surface area (Å²) in [4.78, 5) is 24.3. The highest BCUT2D eigenvalue weighted by Crippen LogP contribution is 2.22. The van der Waals surface area contributed by atoms with Crippen LogP contribution in [0, 0.1) is 0 Å². The van der Waals surface area contributed by atoms with Gasteiger partial charge in [0.2, 0.25) is 5.09 Å². The van der Waals surface area contributed by atoms with E-state index < -0.39 is 21.8 Å². The molecule has 150 valence electrons. The van der Waals surface area contributed by atoms with Gasteiger partial charge in [-0.05, 0) is 49.1 Å². The lowest BCUT2D eigenvalue weighted by molar-refractivity contribution is 0.0827. The van der Waals surface area contributed by atoms with Crippen LogP contribution in [0.3, 0.4) is 0 Å². The maximum atomic E-state index is 12.6. The number of nitrogens with zero attached hydrogens (tertiary/aromatic N) is 1. The normalized spacial score (nSPS) is 15.2. The number of hydrazine groups is 1. The van der Waals surface area contributed by atoms with Crippen molar-refractivity contribution in [2.45, 2.75) is 37.7 Å². The summed E-state index contributed by atoms with van der Waals surface area (Å²) in [5, 5.41) is -0.277. The molecule has 0 spiro atoms. The lowest BCUT2D eigenvalue weighted by atomic mass is 10.1. The van der Waals surface area contributed by atoms with Gasteiger partial charge < -0.3 is 4.42 Å². The molecular weight excluding hydrogens is 382 g/mol. The number of sulfonamides is 1. The van der Waals surface area contributed by atoms with Crippen molar-refractivity contribution in [3.63, 3.8) is 0 Å². The standard InChI is InChI=1S/C19H23N3O5S/c1-2-14-6-8-15(9-7-14)18(23)20-21-19(24)16-10-11-17(27-16)28(25,26)22-12-4-3-5-13-22/h6-11H,2-5,12-13H2,1H3,(H,20,23)(H,21,24). The van der Waals surface area contributed by atoms with Gasteiger partial charge in [-0.15, -0.1) is 0 Å². The molecule has 3 rings (SSSR count). The molecule has 2 heterocycles. The zero-order valence-corrected chi connectivity index (χ0v) is 16.4. The fraction of sp³-hybridized carbons (Fsp3) is 0.368. The number of furan rings is 1. The van der Waals surface area contributed by atoms with Crippen LogP contribution in [0.2, 0.25) is 0 Å². The molecule has 0 unspecified atom stereocenters. The molecule has 28 heavy (non-hydrogen) atoms. The lowest BCUT2D eigenvalue weighted by Gasteiger charge is -2.24. The van der Waals surface area contributed by atoms with Gasteiger partial charge in [0.15, 0.2) is 5.76 Å². The number of benzene rings is 1. The third-order valence-electron chi connectivity index (χ3n) is 4.63. The zero-order valence-electron chi connectivity index (χ0n) is 15.6. The summed E-state index contributed by atoms with van der Waals surface area (Å²) < 4.78 is 31.7. The van der Waals surface area contributed by atoms with E-state index in [4.69, 9.17) is 4.42 Å². The van der Waals surface area contributed by atoms with E-state index in [0.29, 0.717) is 18.7 Å². The molecule has 0 aliphatic carbocycles. The van der Waals surface area contributed by atoms with Gasteiger partial charge in [-0.3, -0.25) is 20.4 Å². The topological polar surface area (TPSA) is 109 Å². The molecule has 1 aromatic carbocycles. The lowest BCUT2D eigenvalue weighted by Crippen LogP contribution is -2.41. The van der Waals surface area contributed by atoms with Crippen molar-refractivity contribution in [2.24, 2.45) is 0 Å². The van der Waals surface area contributed by atoms with Crippen molar-refractivity contribution in [2.75, 3.05) is 13.1 Å². The Hall–Kier alpha value is -2.65. The Kier molecular flexibility index (Phi) is 6.15. The van der Waals surface area contributed by atoms with Gasteiger partial charge in [0, 0.05) is 18.7 Å². The van der Waals surface area contributed by atoms with Crippen LogP contribution < -0.4 is 10.9 Å². The zero-order chi connectivity index (χ0) is 20.1. The Morgan fingerprint density at radius 1 is 0.964 bits per heavy atom. The number of carbonyl (C=O) groups excluding carboxylic acids is 2. The molecule has 0 bridgehead atoms. The number of amides is 2. The minimum Gasteiger partial charge on any atom is -0.438 e. The van der Waals surface area contributed by atoms with Gasteiger partial charge in [0.1, 0.15) is 0 Å². The van der Waals surface area contributed by atoms with E-state index in [1.165, 1.54) is 16.4 Å². The Morgan fingerprint density at radius 2 is 1.61 bits per heavy atom. The Morgan fingerprint density at radius 3 is 2.25 bits per heavy atom. The first kappa shape index (κ1) is 20.1. The maximum Gasteiger partial charge on any atom is 0.305 e.